The van der Waals surface area contributed by atoms with Gasteiger partial charge in [-0.2, -0.15) is 0 Å². The first-order valence-electron chi connectivity index (χ1n) is 5.93. The van der Waals surface area contributed by atoms with Crippen LogP contribution in [0.5, 0.6) is 0 Å². The maximum absolute atomic E-state index is 4.41. The summed E-state index contributed by atoms with van der Waals surface area (Å²) < 4.78 is 0. The Kier molecular flexibility index (Phi) is 2.41. The lowest BCUT2D eigenvalue weighted by atomic mass is 10.2. The fraction of sp³-hybridized carbons (Fsp3) is 0.667. The Morgan fingerprint density at radius 2 is 1.87 bits per heavy atom. The Hall–Kier alpha value is -0.960. The smallest absolute Gasteiger partial charge is 0.128 e. The minimum absolute atomic E-state index is 0.760. The van der Waals surface area contributed by atoms with E-state index in [1.54, 1.807) is 0 Å². The molecule has 2 saturated carbocycles. The molecule has 3 rings (SSSR count). The molecule has 1 N–H and O–H groups in total. The van der Waals surface area contributed by atoms with Crippen molar-refractivity contribution in [1.29, 1.82) is 0 Å². The molecule has 0 aliphatic heterocycles. The second-order valence-electron chi connectivity index (χ2n) is 4.81. The van der Waals surface area contributed by atoms with Gasteiger partial charge in [-0.3, -0.25) is 0 Å². The van der Waals surface area contributed by atoms with Crippen LogP contribution in [0.4, 0.5) is 0 Å². The van der Waals surface area contributed by atoms with E-state index in [-0.39, 0.29) is 0 Å². The first-order chi connectivity index (χ1) is 7.40. The number of hydrogen-bond acceptors (Lipinski definition) is 3. The quantitative estimate of drug-likeness (QED) is 0.791. The summed E-state index contributed by atoms with van der Waals surface area (Å²) >= 11 is 0. The van der Waals surface area contributed by atoms with Crippen LogP contribution >= 0.6 is 0 Å². The average molecular weight is 203 g/mol. The van der Waals surface area contributed by atoms with Gasteiger partial charge in [-0.05, 0) is 31.6 Å². The molecule has 0 saturated heterocycles. The number of nitrogens with zero attached hydrogens (tertiary/aromatic N) is 2. The van der Waals surface area contributed by atoms with Gasteiger partial charge in [-0.15, -0.1) is 0 Å². The summed E-state index contributed by atoms with van der Waals surface area (Å²) in [6.07, 6.45) is 10.4. The van der Waals surface area contributed by atoms with Crippen LogP contribution in [-0.4, -0.2) is 16.0 Å². The maximum Gasteiger partial charge on any atom is 0.128 e. The number of nitrogens with one attached hydrogen (secondary N) is 1. The first kappa shape index (κ1) is 9.28. The molecule has 15 heavy (non-hydrogen) atoms. The standard InChI is InChI=1S/C12H17N3/c1-2-9(1)5-12-14-7-10(8-15-12)6-13-11-3-4-11/h7-9,11,13H,1-6H2. The van der Waals surface area contributed by atoms with Crippen molar-refractivity contribution < 1.29 is 0 Å². The zero-order chi connectivity index (χ0) is 10.1. The van der Waals surface area contributed by atoms with Gasteiger partial charge in [0, 0.05) is 37.0 Å². The van der Waals surface area contributed by atoms with Gasteiger partial charge >= 0.3 is 0 Å². The van der Waals surface area contributed by atoms with E-state index >= 15 is 0 Å². The van der Waals surface area contributed by atoms with Crippen molar-refractivity contribution in [2.45, 2.75) is 44.7 Å². The molecule has 0 amide bonds. The molecule has 2 fully saturated rings. The molecule has 0 aromatic carbocycles. The highest BCUT2D eigenvalue weighted by atomic mass is 15.0. The second kappa shape index (κ2) is 3.89. The van der Waals surface area contributed by atoms with Gasteiger partial charge in [0.15, 0.2) is 0 Å². The Morgan fingerprint density at radius 1 is 1.13 bits per heavy atom. The highest BCUT2D eigenvalue weighted by Crippen LogP contribution is 2.31. The largest absolute Gasteiger partial charge is 0.310 e. The van der Waals surface area contributed by atoms with Gasteiger partial charge in [0.25, 0.3) is 0 Å². The van der Waals surface area contributed by atoms with E-state index in [9.17, 15) is 0 Å². The van der Waals surface area contributed by atoms with Crippen LogP contribution in [0.3, 0.4) is 0 Å². The Labute approximate surface area is 90.3 Å². The van der Waals surface area contributed by atoms with Crippen molar-refractivity contribution >= 4 is 0 Å². The van der Waals surface area contributed by atoms with Crippen molar-refractivity contribution in [3.63, 3.8) is 0 Å². The molecule has 0 spiro atoms. The van der Waals surface area contributed by atoms with E-state index in [1.165, 1.54) is 31.2 Å². The lowest BCUT2D eigenvalue weighted by Gasteiger charge is -2.03. The van der Waals surface area contributed by atoms with Gasteiger partial charge in [0.2, 0.25) is 0 Å². The van der Waals surface area contributed by atoms with Crippen LogP contribution in [-0.2, 0) is 13.0 Å². The zero-order valence-corrected chi connectivity index (χ0v) is 8.95. The fourth-order valence-electron chi connectivity index (χ4n) is 1.71. The molecular formula is C12H17N3. The SMILES string of the molecule is c1nc(CC2CC2)ncc1CNC1CC1. The molecule has 1 aromatic heterocycles. The van der Waals surface area contributed by atoms with Crippen LogP contribution in [0.25, 0.3) is 0 Å². The third-order valence-electron chi connectivity index (χ3n) is 3.10. The van der Waals surface area contributed by atoms with Crippen molar-refractivity contribution in [2.75, 3.05) is 0 Å². The molecular weight excluding hydrogens is 186 g/mol. The average Bonchev–Trinajstić information content (AvgIpc) is 3.12. The summed E-state index contributed by atoms with van der Waals surface area (Å²) in [6.45, 7) is 0.925. The molecule has 2 aliphatic rings. The summed E-state index contributed by atoms with van der Waals surface area (Å²) in [5, 5.41) is 3.47. The Bertz CT molecular complexity index is 325. The van der Waals surface area contributed by atoms with E-state index < -0.39 is 0 Å². The highest BCUT2D eigenvalue weighted by Gasteiger charge is 2.23. The Balaban J connectivity index is 1.53. The maximum atomic E-state index is 4.41. The Morgan fingerprint density at radius 3 is 2.47 bits per heavy atom. The van der Waals surface area contributed by atoms with Crippen LogP contribution in [0.1, 0.15) is 37.1 Å². The van der Waals surface area contributed by atoms with Gasteiger partial charge in [0.1, 0.15) is 5.82 Å². The minimum atomic E-state index is 0.760. The summed E-state index contributed by atoms with van der Waals surface area (Å²) in [4.78, 5) is 8.81. The third-order valence-corrected chi connectivity index (χ3v) is 3.10. The summed E-state index contributed by atoms with van der Waals surface area (Å²) in [5.74, 6) is 1.90. The van der Waals surface area contributed by atoms with Crippen LogP contribution in [0.15, 0.2) is 12.4 Å². The molecule has 0 radical (unpaired) electrons. The molecule has 1 heterocycles. The molecule has 2 aliphatic carbocycles. The van der Waals surface area contributed by atoms with Gasteiger partial charge in [-0.25, -0.2) is 9.97 Å². The van der Waals surface area contributed by atoms with Gasteiger partial charge < -0.3 is 5.32 Å². The van der Waals surface area contributed by atoms with E-state index in [2.05, 4.69) is 15.3 Å². The molecule has 0 atom stereocenters. The van der Waals surface area contributed by atoms with E-state index in [4.69, 9.17) is 0 Å². The van der Waals surface area contributed by atoms with E-state index in [0.717, 1.165) is 30.7 Å². The molecule has 80 valence electrons. The predicted molar refractivity (Wildman–Crippen MR) is 58.3 cm³/mol. The number of aromatic nitrogens is 2. The monoisotopic (exact) mass is 203 g/mol. The number of rotatable bonds is 5. The molecule has 3 nitrogen and oxygen atoms in total. The normalized spacial score (nSPS) is 20.5. The van der Waals surface area contributed by atoms with Crippen molar-refractivity contribution in [1.82, 2.24) is 15.3 Å². The lowest BCUT2D eigenvalue weighted by Crippen LogP contribution is -2.15. The fourth-order valence-corrected chi connectivity index (χ4v) is 1.71. The van der Waals surface area contributed by atoms with Crippen LogP contribution < -0.4 is 5.32 Å². The molecule has 1 aromatic rings. The lowest BCUT2D eigenvalue weighted by molar-refractivity contribution is 0.678. The van der Waals surface area contributed by atoms with E-state index in [0.29, 0.717) is 0 Å². The van der Waals surface area contributed by atoms with Crippen molar-refractivity contribution in [3.05, 3.63) is 23.8 Å². The first-order valence-corrected chi connectivity index (χ1v) is 5.93. The van der Waals surface area contributed by atoms with Crippen molar-refractivity contribution in [3.8, 4) is 0 Å². The highest BCUT2D eigenvalue weighted by molar-refractivity contribution is 5.06. The van der Waals surface area contributed by atoms with Crippen LogP contribution in [0.2, 0.25) is 0 Å². The van der Waals surface area contributed by atoms with E-state index in [1.807, 2.05) is 12.4 Å². The summed E-state index contributed by atoms with van der Waals surface area (Å²) in [5.41, 5.74) is 1.21. The topological polar surface area (TPSA) is 37.8 Å². The molecule has 3 heteroatoms. The van der Waals surface area contributed by atoms with Crippen LogP contribution in [0, 0.1) is 5.92 Å². The van der Waals surface area contributed by atoms with Gasteiger partial charge in [-0.1, -0.05) is 0 Å². The van der Waals surface area contributed by atoms with Gasteiger partial charge in [0.05, 0.1) is 0 Å². The minimum Gasteiger partial charge on any atom is -0.310 e. The summed E-state index contributed by atoms with van der Waals surface area (Å²) in [7, 11) is 0. The second-order valence-corrected chi connectivity index (χ2v) is 4.81. The zero-order valence-electron chi connectivity index (χ0n) is 8.95. The number of hydrogen-bond donors (Lipinski definition) is 1. The van der Waals surface area contributed by atoms with Crippen molar-refractivity contribution in [2.24, 2.45) is 5.92 Å². The summed E-state index contributed by atoms with van der Waals surface area (Å²) in [6, 6.07) is 0.760. The third kappa shape index (κ3) is 2.75. The predicted octanol–water partition coefficient (Wildman–Crippen LogP) is 1.68. The molecule has 0 unspecified atom stereocenters. The molecule has 0 bridgehead atoms.